The van der Waals surface area contributed by atoms with E-state index in [1.54, 1.807) is 0 Å². The van der Waals surface area contributed by atoms with Crippen LogP contribution < -0.4 is 15.8 Å². The summed E-state index contributed by atoms with van der Waals surface area (Å²) in [6.45, 7) is 4.54. The van der Waals surface area contributed by atoms with Crippen LogP contribution >= 0.6 is 11.3 Å². The van der Waals surface area contributed by atoms with Crippen molar-refractivity contribution >= 4 is 11.3 Å². The van der Waals surface area contributed by atoms with E-state index in [-0.39, 0.29) is 0 Å². The molecule has 0 radical (unpaired) electrons. The van der Waals surface area contributed by atoms with Gasteiger partial charge in [0, 0.05) is 18.5 Å². The molecular weight excluding hydrogens is 304 g/mol. The Kier molecular flexibility index (Phi) is 4.39. The lowest BCUT2D eigenvalue weighted by Gasteiger charge is -2.14. The second-order valence-electron chi connectivity index (χ2n) is 5.01. The lowest BCUT2D eigenvalue weighted by atomic mass is 10.1. The molecule has 1 aliphatic rings. The molecule has 0 amide bonds. The third kappa shape index (κ3) is 3.45. The van der Waals surface area contributed by atoms with Gasteiger partial charge in [0.15, 0.2) is 5.82 Å². The molecule has 0 aliphatic heterocycles. The molecule has 0 fully saturated rings. The van der Waals surface area contributed by atoms with Gasteiger partial charge in [-0.1, -0.05) is 24.2 Å². The first-order chi connectivity index (χ1) is 10.7. The van der Waals surface area contributed by atoms with Crippen molar-refractivity contribution in [3.63, 3.8) is 0 Å². The van der Waals surface area contributed by atoms with Crippen molar-refractivity contribution in [1.82, 2.24) is 20.4 Å². The highest BCUT2D eigenvalue weighted by atomic mass is 32.1. The predicted molar refractivity (Wildman–Crippen MR) is 83.2 cm³/mol. The van der Waals surface area contributed by atoms with Crippen LogP contribution in [0.15, 0.2) is 21.5 Å². The van der Waals surface area contributed by atoms with E-state index in [1.807, 2.05) is 6.92 Å². The van der Waals surface area contributed by atoms with Crippen molar-refractivity contribution < 1.29 is 9.26 Å². The van der Waals surface area contributed by atoms with Crippen LogP contribution in [0.4, 0.5) is 0 Å². The maximum atomic E-state index is 11.1. The summed E-state index contributed by atoms with van der Waals surface area (Å²) in [7, 11) is 0. The van der Waals surface area contributed by atoms with Gasteiger partial charge in [-0.25, -0.2) is 9.78 Å². The van der Waals surface area contributed by atoms with Gasteiger partial charge in [0.1, 0.15) is 4.88 Å². The number of thiazole rings is 1. The molecule has 8 heteroatoms. The molecule has 3 rings (SSSR count). The summed E-state index contributed by atoms with van der Waals surface area (Å²) in [5, 5.41) is 8.18. The summed E-state index contributed by atoms with van der Waals surface area (Å²) in [4.78, 5) is 18.9. The van der Waals surface area contributed by atoms with Gasteiger partial charge < -0.3 is 10.1 Å². The average Bonchev–Trinajstić information content (AvgIpc) is 3.07. The fourth-order valence-corrected chi connectivity index (χ4v) is 3.14. The normalized spacial score (nSPS) is 15.2. The van der Waals surface area contributed by atoms with Crippen LogP contribution in [0.2, 0.25) is 0 Å². The van der Waals surface area contributed by atoms with Gasteiger partial charge >= 0.3 is 5.76 Å². The molecule has 1 unspecified atom stereocenters. The molecule has 2 aromatic heterocycles. The molecule has 2 aromatic rings. The quantitative estimate of drug-likeness (QED) is 0.719. The van der Waals surface area contributed by atoms with Crippen LogP contribution in [-0.4, -0.2) is 33.8 Å². The van der Waals surface area contributed by atoms with E-state index in [1.165, 1.54) is 11.3 Å². The van der Waals surface area contributed by atoms with Crippen LogP contribution in [0.25, 0.3) is 10.7 Å². The molecular formula is C14H18N4O3S. The minimum atomic E-state index is -0.583. The van der Waals surface area contributed by atoms with Crippen molar-refractivity contribution in [1.29, 1.82) is 0 Å². The molecule has 0 bridgehead atoms. The third-order valence-electron chi connectivity index (χ3n) is 3.30. The minimum Gasteiger partial charge on any atom is -0.477 e. The third-order valence-corrected chi connectivity index (χ3v) is 4.37. The summed E-state index contributed by atoms with van der Waals surface area (Å²) in [6.07, 6.45) is 6.07. The lowest BCUT2D eigenvalue weighted by Crippen LogP contribution is -2.32. The molecule has 118 valence electrons. The SMILES string of the molecule is CCOc1nc(CC(CC)NC2C=C2)sc1-c1noc(=O)[nH]1. The number of ether oxygens (including phenoxy) is 1. The highest BCUT2D eigenvalue weighted by molar-refractivity contribution is 7.15. The number of nitrogens with zero attached hydrogens (tertiary/aromatic N) is 2. The van der Waals surface area contributed by atoms with Gasteiger partial charge in [-0.05, 0) is 13.3 Å². The van der Waals surface area contributed by atoms with Crippen LogP contribution in [0.3, 0.4) is 0 Å². The van der Waals surface area contributed by atoms with Crippen LogP contribution in [0.1, 0.15) is 25.3 Å². The Hall–Kier alpha value is -1.93. The van der Waals surface area contributed by atoms with Crippen molar-refractivity contribution in [3.8, 4) is 16.6 Å². The topological polar surface area (TPSA) is 93.0 Å². The summed E-state index contributed by atoms with van der Waals surface area (Å²) in [5.74, 6) is 0.272. The zero-order valence-electron chi connectivity index (χ0n) is 12.5. The number of hydrogen-bond acceptors (Lipinski definition) is 7. The first-order valence-corrected chi connectivity index (χ1v) is 8.14. The molecule has 2 heterocycles. The summed E-state index contributed by atoms with van der Waals surface area (Å²) < 4.78 is 10.1. The summed E-state index contributed by atoms with van der Waals surface area (Å²) >= 11 is 1.47. The second-order valence-corrected chi connectivity index (χ2v) is 6.09. The van der Waals surface area contributed by atoms with E-state index >= 15 is 0 Å². The standard InChI is InChI=1S/C14H18N4O3S/c1-3-8(15-9-5-6-9)7-10-16-13(20-4-2)11(22-10)12-17-14(19)21-18-12/h5-6,8-9,15H,3-4,7H2,1-2H3,(H,17,18,19). The highest BCUT2D eigenvalue weighted by Crippen LogP contribution is 2.34. The molecule has 1 atom stereocenters. The van der Waals surface area contributed by atoms with Crippen molar-refractivity contribution in [2.45, 2.75) is 38.8 Å². The first-order valence-electron chi connectivity index (χ1n) is 7.32. The fourth-order valence-electron chi connectivity index (χ4n) is 2.12. The number of hydrogen-bond donors (Lipinski definition) is 2. The molecule has 2 N–H and O–H groups in total. The van der Waals surface area contributed by atoms with Gasteiger partial charge in [-0.3, -0.25) is 9.51 Å². The molecule has 22 heavy (non-hydrogen) atoms. The van der Waals surface area contributed by atoms with Gasteiger partial charge in [0.25, 0.3) is 0 Å². The number of nitrogens with one attached hydrogen (secondary N) is 2. The number of aromatic nitrogens is 3. The Morgan fingerprint density at radius 2 is 2.32 bits per heavy atom. The minimum absolute atomic E-state index is 0.352. The van der Waals surface area contributed by atoms with Gasteiger partial charge in [-0.15, -0.1) is 11.3 Å². The van der Waals surface area contributed by atoms with Gasteiger partial charge in [-0.2, -0.15) is 0 Å². The Morgan fingerprint density at radius 3 is 2.91 bits per heavy atom. The fraction of sp³-hybridized carbons (Fsp3) is 0.500. The van der Waals surface area contributed by atoms with E-state index in [2.05, 4.69) is 44.0 Å². The monoisotopic (exact) mass is 322 g/mol. The predicted octanol–water partition coefficient (Wildman–Crippen LogP) is 1.73. The van der Waals surface area contributed by atoms with Crippen molar-refractivity contribution in [2.24, 2.45) is 0 Å². The molecule has 1 aliphatic carbocycles. The zero-order chi connectivity index (χ0) is 15.5. The second kappa shape index (κ2) is 6.45. The van der Waals surface area contributed by atoms with Gasteiger partial charge in [0.05, 0.1) is 11.6 Å². The molecule has 0 spiro atoms. The van der Waals surface area contributed by atoms with Crippen LogP contribution in [-0.2, 0) is 6.42 Å². The Bertz CT molecular complexity index is 712. The number of H-pyrrole nitrogens is 1. The zero-order valence-corrected chi connectivity index (χ0v) is 13.3. The average molecular weight is 322 g/mol. The Balaban J connectivity index is 1.80. The Morgan fingerprint density at radius 1 is 1.50 bits per heavy atom. The number of rotatable bonds is 8. The van der Waals surface area contributed by atoms with E-state index in [0.29, 0.717) is 35.3 Å². The summed E-state index contributed by atoms with van der Waals surface area (Å²) in [5.41, 5.74) is 0. The largest absolute Gasteiger partial charge is 0.477 e. The molecule has 0 saturated carbocycles. The lowest BCUT2D eigenvalue weighted by molar-refractivity contribution is 0.328. The van der Waals surface area contributed by atoms with E-state index in [0.717, 1.165) is 17.8 Å². The Labute approximate surface area is 131 Å². The van der Waals surface area contributed by atoms with Gasteiger partial charge in [0.2, 0.25) is 5.88 Å². The molecule has 7 nitrogen and oxygen atoms in total. The maximum absolute atomic E-state index is 11.1. The smallest absolute Gasteiger partial charge is 0.439 e. The van der Waals surface area contributed by atoms with Crippen LogP contribution in [0.5, 0.6) is 5.88 Å². The van der Waals surface area contributed by atoms with Crippen LogP contribution in [0, 0.1) is 0 Å². The summed E-state index contributed by atoms with van der Waals surface area (Å²) in [6, 6.07) is 0.771. The van der Waals surface area contributed by atoms with E-state index in [9.17, 15) is 4.79 Å². The first kappa shape index (κ1) is 15.0. The highest BCUT2D eigenvalue weighted by Gasteiger charge is 2.21. The van der Waals surface area contributed by atoms with E-state index in [4.69, 9.17) is 4.74 Å². The molecule has 0 aromatic carbocycles. The maximum Gasteiger partial charge on any atom is 0.439 e. The van der Waals surface area contributed by atoms with Crippen molar-refractivity contribution in [2.75, 3.05) is 6.61 Å². The molecule has 0 saturated heterocycles. The van der Waals surface area contributed by atoms with Crippen molar-refractivity contribution in [3.05, 3.63) is 27.7 Å². The number of aromatic amines is 1. The van der Waals surface area contributed by atoms with E-state index < -0.39 is 5.76 Å².